The van der Waals surface area contributed by atoms with Gasteiger partial charge in [0.15, 0.2) is 0 Å². The molecule has 0 amide bonds. The first-order chi connectivity index (χ1) is 9.64. The second-order valence-corrected chi connectivity index (χ2v) is 7.07. The number of rotatable bonds is 5. The summed E-state index contributed by atoms with van der Waals surface area (Å²) in [4.78, 5) is 2.66. The summed E-state index contributed by atoms with van der Waals surface area (Å²) in [5.74, 6) is 6.67. The van der Waals surface area contributed by atoms with Crippen LogP contribution in [0, 0.1) is 5.92 Å². The number of nitrogens with two attached hydrogens (primary N) is 1. The van der Waals surface area contributed by atoms with E-state index in [9.17, 15) is 0 Å². The zero-order chi connectivity index (χ0) is 14.4. The van der Waals surface area contributed by atoms with Crippen molar-refractivity contribution in [1.82, 2.24) is 10.3 Å². The molecule has 4 heteroatoms. The van der Waals surface area contributed by atoms with E-state index in [0.717, 1.165) is 19.1 Å². The Morgan fingerprint density at radius 1 is 1.15 bits per heavy atom. The third-order valence-corrected chi connectivity index (χ3v) is 5.38. The van der Waals surface area contributed by atoms with Crippen molar-refractivity contribution in [2.24, 2.45) is 11.8 Å². The van der Waals surface area contributed by atoms with Gasteiger partial charge in [-0.1, -0.05) is 12.8 Å². The second kappa shape index (κ2) is 7.74. The van der Waals surface area contributed by atoms with Crippen LogP contribution in [0.25, 0.3) is 0 Å². The highest BCUT2D eigenvalue weighted by Gasteiger charge is 2.36. The lowest BCUT2D eigenvalue weighted by Gasteiger charge is -2.45. The summed E-state index contributed by atoms with van der Waals surface area (Å²) in [5.41, 5.74) is 3.26. The van der Waals surface area contributed by atoms with E-state index in [4.69, 9.17) is 10.6 Å². The first kappa shape index (κ1) is 16.2. The molecule has 0 aromatic heterocycles. The Balaban J connectivity index is 1.95. The molecule has 2 rings (SSSR count). The quantitative estimate of drug-likeness (QED) is 0.600. The fraction of sp³-hybridized carbons (Fsp3) is 1.00. The van der Waals surface area contributed by atoms with E-state index in [1.54, 1.807) is 0 Å². The number of hydrazine groups is 1. The number of likely N-dealkylation sites (tertiary alicyclic amines) is 1. The third-order valence-electron chi connectivity index (χ3n) is 5.38. The molecule has 0 radical (unpaired) electrons. The Kier molecular flexibility index (Phi) is 6.27. The summed E-state index contributed by atoms with van der Waals surface area (Å²) >= 11 is 0. The molecule has 1 atom stereocenters. The summed E-state index contributed by atoms with van der Waals surface area (Å²) in [7, 11) is 0. The van der Waals surface area contributed by atoms with Gasteiger partial charge in [-0.15, -0.1) is 0 Å². The van der Waals surface area contributed by atoms with Crippen molar-refractivity contribution < 1.29 is 4.74 Å². The van der Waals surface area contributed by atoms with Crippen molar-refractivity contribution in [3.8, 4) is 0 Å². The van der Waals surface area contributed by atoms with Gasteiger partial charge in [-0.25, -0.2) is 0 Å². The molecule has 118 valence electrons. The van der Waals surface area contributed by atoms with Crippen LogP contribution in [0.1, 0.15) is 58.8 Å². The minimum atomic E-state index is 0.136. The van der Waals surface area contributed by atoms with Crippen molar-refractivity contribution >= 4 is 0 Å². The molecule has 0 aliphatic carbocycles. The van der Waals surface area contributed by atoms with Gasteiger partial charge in [-0.05, 0) is 65.0 Å². The zero-order valence-electron chi connectivity index (χ0n) is 13.4. The van der Waals surface area contributed by atoms with Crippen LogP contribution in [-0.2, 0) is 4.74 Å². The van der Waals surface area contributed by atoms with Crippen LogP contribution in [-0.4, -0.2) is 42.8 Å². The average molecular weight is 283 g/mol. The van der Waals surface area contributed by atoms with Gasteiger partial charge in [0.2, 0.25) is 0 Å². The molecule has 4 nitrogen and oxygen atoms in total. The molecule has 0 aromatic carbocycles. The van der Waals surface area contributed by atoms with Gasteiger partial charge >= 0.3 is 0 Å². The van der Waals surface area contributed by atoms with Crippen molar-refractivity contribution in [2.45, 2.75) is 70.4 Å². The average Bonchev–Trinajstić information content (AvgIpc) is 2.75. The predicted octanol–water partition coefficient (Wildman–Crippen LogP) is 2.29. The molecule has 0 spiro atoms. The van der Waals surface area contributed by atoms with Crippen molar-refractivity contribution in [1.29, 1.82) is 0 Å². The van der Waals surface area contributed by atoms with E-state index in [2.05, 4.69) is 24.2 Å². The standard InChI is InChI=1S/C16H33N3O/c1-16(2,19-9-5-3-4-6-10-19)15(18-17)13-14-7-11-20-12-8-14/h14-15,18H,3-13,17H2,1-2H3. The molecule has 2 saturated heterocycles. The number of nitrogens with one attached hydrogen (secondary N) is 1. The van der Waals surface area contributed by atoms with Gasteiger partial charge in [0.25, 0.3) is 0 Å². The Labute approximate surface area is 124 Å². The van der Waals surface area contributed by atoms with Crippen LogP contribution in [0.3, 0.4) is 0 Å². The van der Waals surface area contributed by atoms with Gasteiger partial charge < -0.3 is 4.74 Å². The van der Waals surface area contributed by atoms with Crippen molar-refractivity contribution in [3.63, 3.8) is 0 Å². The largest absolute Gasteiger partial charge is 0.381 e. The van der Waals surface area contributed by atoms with Crippen LogP contribution in [0.15, 0.2) is 0 Å². The smallest absolute Gasteiger partial charge is 0.0468 e. The normalized spacial score (nSPS) is 25.4. The van der Waals surface area contributed by atoms with Gasteiger partial charge in [-0.2, -0.15) is 0 Å². The molecule has 2 aliphatic rings. The van der Waals surface area contributed by atoms with E-state index in [1.807, 2.05) is 0 Å². The number of ether oxygens (including phenoxy) is 1. The van der Waals surface area contributed by atoms with Crippen LogP contribution >= 0.6 is 0 Å². The number of hydrogen-bond acceptors (Lipinski definition) is 4. The molecular formula is C16H33N3O. The summed E-state index contributed by atoms with van der Waals surface area (Å²) < 4.78 is 5.47. The maximum Gasteiger partial charge on any atom is 0.0468 e. The van der Waals surface area contributed by atoms with E-state index >= 15 is 0 Å². The Morgan fingerprint density at radius 2 is 1.75 bits per heavy atom. The number of hydrogen-bond donors (Lipinski definition) is 2. The summed E-state index contributed by atoms with van der Waals surface area (Å²) in [6.45, 7) is 9.01. The Hall–Kier alpha value is -0.160. The topological polar surface area (TPSA) is 50.5 Å². The van der Waals surface area contributed by atoms with Crippen LogP contribution in [0.2, 0.25) is 0 Å². The Bertz CT molecular complexity index is 269. The lowest BCUT2D eigenvalue weighted by molar-refractivity contribution is 0.0367. The van der Waals surface area contributed by atoms with E-state index in [0.29, 0.717) is 6.04 Å². The monoisotopic (exact) mass is 283 g/mol. The predicted molar refractivity (Wildman–Crippen MR) is 83.4 cm³/mol. The molecule has 3 N–H and O–H groups in total. The van der Waals surface area contributed by atoms with Crippen molar-refractivity contribution in [3.05, 3.63) is 0 Å². The maximum absolute atomic E-state index is 5.91. The van der Waals surface area contributed by atoms with Crippen LogP contribution in [0.4, 0.5) is 0 Å². The van der Waals surface area contributed by atoms with Gasteiger partial charge in [0.1, 0.15) is 0 Å². The lowest BCUT2D eigenvalue weighted by Crippen LogP contribution is -2.60. The third kappa shape index (κ3) is 4.17. The summed E-state index contributed by atoms with van der Waals surface area (Å²) in [6, 6.07) is 0.365. The minimum Gasteiger partial charge on any atom is -0.381 e. The van der Waals surface area contributed by atoms with E-state index in [1.165, 1.54) is 58.0 Å². The second-order valence-electron chi connectivity index (χ2n) is 7.07. The van der Waals surface area contributed by atoms with Gasteiger partial charge in [0, 0.05) is 24.8 Å². The molecule has 2 aliphatic heterocycles. The highest BCUT2D eigenvalue weighted by molar-refractivity contribution is 4.94. The molecular weight excluding hydrogens is 250 g/mol. The summed E-state index contributed by atoms with van der Waals surface area (Å²) in [6.07, 6.45) is 8.97. The maximum atomic E-state index is 5.91. The van der Waals surface area contributed by atoms with Gasteiger partial charge in [-0.3, -0.25) is 16.2 Å². The van der Waals surface area contributed by atoms with Gasteiger partial charge in [0.05, 0.1) is 0 Å². The fourth-order valence-corrected chi connectivity index (χ4v) is 3.74. The highest BCUT2D eigenvalue weighted by Crippen LogP contribution is 2.29. The Morgan fingerprint density at radius 3 is 2.30 bits per heavy atom. The molecule has 0 bridgehead atoms. The molecule has 2 fully saturated rings. The zero-order valence-corrected chi connectivity index (χ0v) is 13.4. The first-order valence-electron chi connectivity index (χ1n) is 8.43. The lowest BCUT2D eigenvalue weighted by atomic mass is 9.83. The molecule has 2 heterocycles. The minimum absolute atomic E-state index is 0.136. The summed E-state index contributed by atoms with van der Waals surface area (Å²) in [5, 5.41) is 0. The van der Waals surface area contributed by atoms with Crippen LogP contribution < -0.4 is 11.3 Å². The molecule has 20 heavy (non-hydrogen) atoms. The number of nitrogens with zero attached hydrogens (tertiary/aromatic N) is 1. The fourth-order valence-electron chi connectivity index (χ4n) is 3.74. The molecule has 0 saturated carbocycles. The van der Waals surface area contributed by atoms with E-state index < -0.39 is 0 Å². The molecule has 1 unspecified atom stereocenters. The molecule has 0 aromatic rings. The SMILES string of the molecule is CC(C)(C(CC1CCOCC1)NN)N1CCCCCC1. The van der Waals surface area contributed by atoms with Crippen molar-refractivity contribution in [2.75, 3.05) is 26.3 Å². The first-order valence-corrected chi connectivity index (χ1v) is 8.43. The highest BCUT2D eigenvalue weighted by atomic mass is 16.5. The van der Waals surface area contributed by atoms with Crippen LogP contribution in [0.5, 0.6) is 0 Å². The van der Waals surface area contributed by atoms with E-state index in [-0.39, 0.29) is 5.54 Å².